The van der Waals surface area contributed by atoms with E-state index in [1.807, 2.05) is 19.1 Å². The molecule has 1 aromatic heterocycles. The zero-order chi connectivity index (χ0) is 8.55. The van der Waals surface area contributed by atoms with Gasteiger partial charge < -0.3 is 10.7 Å². The van der Waals surface area contributed by atoms with Gasteiger partial charge in [0.05, 0.1) is 0 Å². The number of H-pyrrole nitrogens is 1. The monoisotopic (exact) mass is 160 g/mol. The van der Waals surface area contributed by atoms with Gasteiger partial charge in [-0.3, -0.25) is 0 Å². The van der Waals surface area contributed by atoms with E-state index in [1.54, 1.807) is 0 Å². The molecular weight excluding hydrogens is 148 g/mol. The smallest absolute Gasteiger partial charge is 0.0456 e. The highest BCUT2D eigenvalue weighted by molar-refractivity contribution is 5.80. The molecule has 0 amide bonds. The fourth-order valence-electron chi connectivity index (χ4n) is 1.34. The van der Waals surface area contributed by atoms with E-state index in [-0.39, 0.29) is 6.04 Å². The lowest BCUT2D eigenvalue weighted by molar-refractivity contribution is 0.792. The predicted octanol–water partition coefficient (Wildman–Crippen LogP) is 2.19. The Labute approximate surface area is 71.4 Å². The summed E-state index contributed by atoms with van der Waals surface area (Å²) < 4.78 is 0. The van der Waals surface area contributed by atoms with Crippen molar-refractivity contribution in [3.05, 3.63) is 36.0 Å². The lowest BCUT2D eigenvalue weighted by atomic mass is 10.2. The van der Waals surface area contributed by atoms with E-state index < -0.39 is 0 Å². The second kappa shape index (κ2) is 2.64. The van der Waals surface area contributed by atoms with Crippen LogP contribution < -0.4 is 5.73 Å². The molecular formula is C10H12N2. The van der Waals surface area contributed by atoms with Gasteiger partial charge in [-0.15, -0.1) is 0 Å². The number of hydrogen-bond acceptors (Lipinski definition) is 1. The summed E-state index contributed by atoms with van der Waals surface area (Å²) in [5, 5.41) is 1.23. The van der Waals surface area contributed by atoms with Gasteiger partial charge in [-0.05, 0) is 24.4 Å². The number of aromatic nitrogens is 1. The number of hydrogen-bond donors (Lipinski definition) is 2. The van der Waals surface area contributed by atoms with E-state index in [2.05, 4.69) is 23.2 Å². The quantitative estimate of drug-likeness (QED) is 0.659. The van der Waals surface area contributed by atoms with Crippen LogP contribution >= 0.6 is 0 Å². The Kier molecular flexibility index (Phi) is 1.62. The standard InChI is InChI=1S/C10H12N2/c1-7(11)10-6-8-4-2-3-5-9(8)12-10/h2-7,12H,11H2,1H3. The SMILES string of the molecule is CC(N)c1cc2ccccc2[nH]1. The molecule has 2 heteroatoms. The van der Waals surface area contributed by atoms with E-state index in [0.717, 1.165) is 11.2 Å². The summed E-state index contributed by atoms with van der Waals surface area (Å²) in [5.41, 5.74) is 8.00. The lowest BCUT2D eigenvalue weighted by Gasteiger charge is -1.98. The molecule has 1 atom stereocenters. The first kappa shape index (κ1) is 7.37. The summed E-state index contributed by atoms with van der Waals surface area (Å²) in [5.74, 6) is 0. The van der Waals surface area contributed by atoms with E-state index in [0.29, 0.717) is 0 Å². The molecule has 0 fully saturated rings. The van der Waals surface area contributed by atoms with Crippen molar-refractivity contribution in [1.82, 2.24) is 4.98 Å². The summed E-state index contributed by atoms with van der Waals surface area (Å²) in [6.07, 6.45) is 0. The third kappa shape index (κ3) is 1.10. The van der Waals surface area contributed by atoms with Gasteiger partial charge in [-0.1, -0.05) is 18.2 Å². The van der Waals surface area contributed by atoms with Crippen LogP contribution in [0.1, 0.15) is 18.7 Å². The van der Waals surface area contributed by atoms with Gasteiger partial charge in [0.2, 0.25) is 0 Å². The van der Waals surface area contributed by atoms with Crippen molar-refractivity contribution in [2.45, 2.75) is 13.0 Å². The van der Waals surface area contributed by atoms with Gasteiger partial charge in [0.1, 0.15) is 0 Å². The molecule has 12 heavy (non-hydrogen) atoms. The molecule has 2 nitrogen and oxygen atoms in total. The largest absolute Gasteiger partial charge is 0.357 e. The van der Waals surface area contributed by atoms with E-state index in [1.165, 1.54) is 5.39 Å². The van der Waals surface area contributed by atoms with Crippen LogP contribution in [0.25, 0.3) is 10.9 Å². The topological polar surface area (TPSA) is 41.8 Å². The van der Waals surface area contributed by atoms with Crippen LogP contribution in [-0.4, -0.2) is 4.98 Å². The van der Waals surface area contributed by atoms with Crippen LogP contribution in [0.3, 0.4) is 0 Å². The Balaban J connectivity index is 2.62. The van der Waals surface area contributed by atoms with Gasteiger partial charge in [0.15, 0.2) is 0 Å². The van der Waals surface area contributed by atoms with Gasteiger partial charge >= 0.3 is 0 Å². The van der Waals surface area contributed by atoms with E-state index in [9.17, 15) is 0 Å². The summed E-state index contributed by atoms with van der Waals surface area (Å²) in [6.45, 7) is 1.98. The Morgan fingerprint density at radius 3 is 2.75 bits per heavy atom. The Morgan fingerprint density at radius 2 is 2.08 bits per heavy atom. The molecule has 1 heterocycles. The van der Waals surface area contributed by atoms with Crippen LogP contribution in [0.4, 0.5) is 0 Å². The van der Waals surface area contributed by atoms with Crippen molar-refractivity contribution in [1.29, 1.82) is 0 Å². The average molecular weight is 160 g/mol. The highest BCUT2D eigenvalue weighted by Crippen LogP contribution is 2.17. The highest BCUT2D eigenvalue weighted by Gasteiger charge is 2.02. The first-order valence-electron chi connectivity index (χ1n) is 4.10. The van der Waals surface area contributed by atoms with Gasteiger partial charge in [0, 0.05) is 17.3 Å². The molecule has 2 rings (SSSR count). The summed E-state index contributed by atoms with van der Waals surface area (Å²) in [6, 6.07) is 10.4. The van der Waals surface area contributed by atoms with Crippen LogP contribution in [0.2, 0.25) is 0 Å². The third-order valence-corrected chi connectivity index (χ3v) is 2.04. The first-order chi connectivity index (χ1) is 5.77. The van der Waals surface area contributed by atoms with E-state index >= 15 is 0 Å². The number of benzene rings is 1. The van der Waals surface area contributed by atoms with Crippen molar-refractivity contribution in [3.8, 4) is 0 Å². The normalized spacial score (nSPS) is 13.5. The van der Waals surface area contributed by atoms with E-state index in [4.69, 9.17) is 5.73 Å². The number of nitrogens with two attached hydrogens (primary N) is 1. The number of aromatic amines is 1. The fraction of sp³-hybridized carbons (Fsp3) is 0.200. The Hall–Kier alpha value is -1.28. The summed E-state index contributed by atoms with van der Waals surface area (Å²) in [7, 11) is 0. The third-order valence-electron chi connectivity index (χ3n) is 2.04. The summed E-state index contributed by atoms with van der Waals surface area (Å²) in [4.78, 5) is 3.27. The van der Waals surface area contributed by atoms with Crippen molar-refractivity contribution in [3.63, 3.8) is 0 Å². The summed E-state index contributed by atoms with van der Waals surface area (Å²) >= 11 is 0. The molecule has 1 aromatic carbocycles. The minimum Gasteiger partial charge on any atom is -0.357 e. The number of para-hydroxylation sites is 1. The molecule has 0 aliphatic carbocycles. The van der Waals surface area contributed by atoms with Crippen LogP contribution in [0.15, 0.2) is 30.3 Å². The van der Waals surface area contributed by atoms with Gasteiger partial charge in [0.25, 0.3) is 0 Å². The van der Waals surface area contributed by atoms with Gasteiger partial charge in [-0.25, -0.2) is 0 Å². The van der Waals surface area contributed by atoms with Crippen LogP contribution in [0.5, 0.6) is 0 Å². The molecule has 1 unspecified atom stereocenters. The molecule has 0 aliphatic heterocycles. The molecule has 0 saturated carbocycles. The number of fused-ring (bicyclic) bond motifs is 1. The molecule has 2 aromatic rings. The second-order valence-electron chi connectivity index (χ2n) is 3.10. The Bertz CT molecular complexity index is 354. The molecule has 0 aliphatic rings. The molecule has 0 bridgehead atoms. The average Bonchev–Trinajstić information content (AvgIpc) is 2.46. The Morgan fingerprint density at radius 1 is 1.33 bits per heavy atom. The highest BCUT2D eigenvalue weighted by atomic mass is 14.8. The molecule has 3 N–H and O–H groups in total. The fourth-order valence-corrected chi connectivity index (χ4v) is 1.34. The minimum absolute atomic E-state index is 0.0809. The maximum Gasteiger partial charge on any atom is 0.0456 e. The lowest BCUT2D eigenvalue weighted by Crippen LogP contribution is -2.04. The van der Waals surface area contributed by atoms with Crippen molar-refractivity contribution < 1.29 is 0 Å². The van der Waals surface area contributed by atoms with Gasteiger partial charge in [-0.2, -0.15) is 0 Å². The maximum atomic E-state index is 5.75. The number of rotatable bonds is 1. The second-order valence-corrected chi connectivity index (χ2v) is 3.10. The zero-order valence-corrected chi connectivity index (χ0v) is 7.04. The molecule has 0 spiro atoms. The van der Waals surface area contributed by atoms with Crippen LogP contribution in [0, 0.1) is 0 Å². The molecule has 0 radical (unpaired) electrons. The van der Waals surface area contributed by atoms with Crippen LogP contribution in [-0.2, 0) is 0 Å². The number of nitrogens with one attached hydrogen (secondary N) is 1. The predicted molar refractivity (Wildman–Crippen MR) is 50.9 cm³/mol. The van der Waals surface area contributed by atoms with Crippen molar-refractivity contribution >= 4 is 10.9 Å². The van der Waals surface area contributed by atoms with Crippen molar-refractivity contribution in [2.75, 3.05) is 0 Å². The maximum absolute atomic E-state index is 5.75. The molecule has 0 saturated heterocycles. The minimum atomic E-state index is 0.0809. The van der Waals surface area contributed by atoms with Crippen molar-refractivity contribution in [2.24, 2.45) is 5.73 Å². The first-order valence-corrected chi connectivity index (χ1v) is 4.10. The molecule has 62 valence electrons. The zero-order valence-electron chi connectivity index (χ0n) is 7.04.